The van der Waals surface area contributed by atoms with Crippen LogP contribution in [0.25, 0.3) is 5.76 Å². The van der Waals surface area contributed by atoms with Crippen molar-refractivity contribution in [2.24, 2.45) is 0 Å². The van der Waals surface area contributed by atoms with Crippen LogP contribution in [0.2, 0.25) is 0 Å². The van der Waals surface area contributed by atoms with Crippen LogP contribution in [-0.2, 0) is 14.3 Å². The second-order valence-corrected chi connectivity index (χ2v) is 3.59. The Morgan fingerprint density at radius 3 is 2.47 bits per heavy atom. The number of ether oxygens (including phenoxy) is 2. The van der Waals surface area contributed by atoms with E-state index in [2.05, 4.69) is 11.3 Å². The van der Waals surface area contributed by atoms with E-state index in [-0.39, 0.29) is 18.3 Å². The summed E-state index contributed by atoms with van der Waals surface area (Å²) in [6.45, 7) is 4.38. The minimum absolute atomic E-state index is 0.114. The van der Waals surface area contributed by atoms with E-state index in [1.165, 1.54) is 6.92 Å². The summed E-state index contributed by atoms with van der Waals surface area (Å²) in [6.07, 6.45) is 2.17. The molecule has 0 saturated heterocycles. The van der Waals surface area contributed by atoms with Gasteiger partial charge in [0, 0.05) is 17.7 Å². The van der Waals surface area contributed by atoms with Gasteiger partial charge in [-0.05, 0) is 31.2 Å². The van der Waals surface area contributed by atoms with Crippen molar-refractivity contribution in [2.75, 3.05) is 6.79 Å². The van der Waals surface area contributed by atoms with Crippen molar-refractivity contribution in [3.05, 3.63) is 48.6 Å². The third-order valence-electron chi connectivity index (χ3n) is 2.08. The molecule has 0 radical (unpaired) electrons. The van der Waals surface area contributed by atoms with E-state index in [9.17, 15) is 14.7 Å². The van der Waals surface area contributed by atoms with Crippen molar-refractivity contribution >= 4 is 17.5 Å². The first kappa shape index (κ1) is 14.5. The van der Waals surface area contributed by atoms with Gasteiger partial charge in [-0.15, -0.1) is 0 Å². The van der Waals surface area contributed by atoms with Gasteiger partial charge in [0.25, 0.3) is 0 Å². The first-order chi connectivity index (χ1) is 9.02. The number of benzene rings is 1. The van der Waals surface area contributed by atoms with Crippen LogP contribution < -0.4 is 4.74 Å². The molecular formula is C14H14O5. The number of ketones is 1. The molecule has 0 unspecified atom stereocenters. The summed E-state index contributed by atoms with van der Waals surface area (Å²) >= 11 is 0. The van der Waals surface area contributed by atoms with Gasteiger partial charge in [0.1, 0.15) is 11.5 Å². The first-order valence-electron chi connectivity index (χ1n) is 5.46. The second kappa shape index (κ2) is 7.00. The van der Waals surface area contributed by atoms with E-state index in [0.29, 0.717) is 11.3 Å². The zero-order valence-corrected chi connectivity index (χ0v) is 10.5. The number of aliphatic hydroxyl groups is 1. The van der Waals surface area contributed by atoms with Gasteiger partial charge in [0.15, 0.2) is 5.78 Å². The molecule has 0 saturated carbocycles. The number of aliphatic hydroxyl groups excluding tert-OH is 1. The summed E-state index contributed by atoms with van der Waals surface area (Å²) in [5.41, 5.74) is 0.491. The highest BCUT2D eigenvalue weighted by atomic mass is 16.7. The SMILES string of the molecule is C=CC(=O)OCOc1ccc(C(O)=CC(C)=O)cc1. The van der Waals surface area contributed by atoms with E-state index in [1.807, 2.05) is 0 Å². The summed E-state index contributed by atoms with van der Waals surface area (Å²) in [5, 5.41) is 9.58. The lowest BCUT2D eigenvalue weighted by molar-refractivity contribution is -0.144. The van der Waals surface area contributed by atoms with Gasteiger partial charge in [-0.25, -0.2) is 4.79 Å². The fourth-order valence-electron chi connectivity index (χ4n) is 1.21. The molecule has 100 valence electrons. The molecule has 0 fully saturated rings. The Bertz CT molecular complexity index is 499. The Morgan fingerprint density at radius 2 is 1.95 bits per heavy atom. The number of hydrogen-bond acceptors (Lipinski definition) is 5. The Kier molecular flexibility index (Phi) is 5.35. The van der Waals surface area contributed by atoms with Crippen molar-refractivity contribution in [1.82, 2.24) is 0 Å². The average molecular weight is 262 g/mol. The van der Waals surface area contributed by atoms with Crippen LogP contribution in [0.1, 0.15) is 12.5 Å². The van der Waals surface area contributed by atoms with Crippen LogP contribution in [0.3, 0.4) is 0 Å². The van der Waals surface area contributed by atoms with Crippen molar-refractivity contribution in [1.29, 1.82) is 0 Å². The Hall–Kier alpha value is -2.56. The molecule has 0 aliphatic rings. The molecule has 0 heterocycles. The van der Waals surface area contributed by atoms with Crippen LogP contribution in [0.5, 0.6) is 5.75 Å². The lowest BCUT2D eigenvalue weighted by Crippen LogP contribution is -2.07. The number of allylic oxidation sites excluding steroid dienone is 1. The smallest absolute Gasteiger partial charge is 0.333 e. The maximum Gasteiger partial charge on any atom is 0.333 e. The zero-order chi connectivity index (χ0) is 14.3. The lowest BCUT2D eigenvalue weighted by Gasteiger charge is -2.06. The maximum atomic E-state index is 10.8. The molecule has 0 aliphatic carbocycles. The quantitative estimate of drug-likeness (QED) is 0.368. The fraction of sp³-hybridized carbons (Fsp3) is 0.143. The molecule has 0 spiro atoms. The number of hydrogen-bond donors (Lipinski definition) is 1. The van der Waals surface area contributed by atoms with Crippen LogP contribution in [-0.4, -0.2) is 23.7 Å². The first-order valence-corrected chi connectivity index (χ1v) is 5.46. The predicted octanol–water partition coefficient (Wildman–Crippen LogP) is 2.24. The van der Waals surface area contributed by atoms with Crippen molar-refractivity contribution < 1.29 is 24.2 Å². The minimum Gasteiger partial charge on any atom is -0.507 e. The molecule has 0 aliphatic heterocycles. The van der Waals surface area contributed by atoms with Crippen LogP contribution >= 0.6 is 0 Å². The molecule has 0 atom stereocenters. The number of rotatable bonds is 6. The van der Waals surface area contributed by atoms with Gasteiger partial charge in [0.05, 0.1) is 0 Å². The highest BCUT2D eigenvalue weighted by Gasteiger charge is 2.02. The average Bonchev–Trinajstić information content (AvgIpc) is 2.38. The summed E-state index contributed by atoms with van der Waals surface area (Å²) in [4.78, 5) is 21.6. The van der Waals surface area contributed by atoms with Gasteiger partial charge in [-0.3, -0.25) is 4.79 Å². The molecule has 0 amide bonds. The zero-order valence-electron chi connectivity index (χ0n) is 10.5. The minimum atomic E-state index is -0.571. The van der Waals surface area contributed by atoms with Gasteiger partial charge in [-0.1, -0.05) is 6.58 Å². The third kappa shape index (κ3) is 5.08. The Labute approximate surface area is 110 Å². The van der Waals surface area contributed by atoms with E-state index < -0.39 is 5.97 Å². The molecule has 1 aromatic carbocycles. The van der Waals surface area contributed by atoms with E-state index in [4.69, 9.17) is 4.74 Å². The molecule has 0 aromatic heterocycles. The lowest BCUT2D eigenvalue weighted by atomic mass is 10.1. The Balaban J connectivity index is 2.59. The number of carbonyl (C=O) groups is 2. The van der Waals surface area contributed by atoms with E-state index in [0.717, 1.165) is 12.2 Å². The summed E-state index contributed by atoms with van der Waals surface area (Å²) in [7, 11) is 0. The summed E-state index contributed by atoms with van der Waals surface area (Å²) < 4.78 is 9.78. The number of carbonyl (C=O) groups excluding carboxylic acids is 2. The van der Waals surface area contributed by atoms with Gasteiger partial charge in [-0.2, -0.15) is 0 Å². The van der Waals surface area contributed by atoms with Crippen molar-refractivity contribution in [3.63, 3.8) is 0 Å². The van der Waals surface area contributed by atoms with Crippen LogP contribution in [0.15, 0.2) is 43.0 Å². The van der Waals surface area contributed by atoms with Crippen LogP contribution in [0, 0.1) is 0 Å². The summed E-state index contributed by atoms with van der Waals surface area (Å²) in [5.74, 6) is -0.457. The monoisotopic (exact) mass is 262 g/mol. The molecule has 1 aromatic rings. The molecule has 1 N–H and O–H groups in total. The Morgan fingerprint density at radius 1 is 1.32 bits per heavy atom. The van der Waals surface area contributed by atoms with Gasteiger partial charge < -0.3 is 14.6 Å². The molecular weight excluding hydrogens is 248 g/mol. The molecule has 1 rings (SSSR count). The standard InChI is InChI=1S/C14H14O5/c1-3-14(17)19-9-18-12-6-4-11(5-7-12)13(16)8-10(2)15/h3-8,16H,1,9H2,2H3. The van der Waals surface area contributed by atoms with Gasteiger partial charge >= 0.3 is 5.97 Å². The molecule has 19 heavy (non-hydrogen) atoms. The highest BCUT2D eigenvalue weighted by molar-refractivity contribution is 5.93. The van der Waals surface area contributed by atoms with Crippen molar-refractivity contribution in [2.45, 2.75) is 6.92 Å². The topological polar surface area (TPSA) is 72.8 Å². The number of esters is 1. The largest absolute Gasteiger partial charge is 0.507 e. The maximum absolute atomic E-state index is 10.8. The molecule has 0 bridgehead atoms. The normalized spacial score (nSPS) is 10.7. The van der Waals surface area contributed by atoms with E-state index >= 15 is 0 Å². The second-order valence-electron chi connectivity index (χ2n) is 3.59. The van der Waals surface area contributed by atoms with Gasteiger partial charge in [0.2, 0.25) is 6.79 Å². The molecule has 5 heteroatoms. The highest BCUT2D eigenvalue weighted by Crippen LogP contribution is 2.17. The summed E-state index contributed by atoms with van der Waals surface area (Å²) in [6, 6.07) is 6.33. The fourth-order valence-corrected chi connectivity index (χ4v) is 1.21. The van der Waals surface area contributed by atoms with Crippen LogP contribution in [0.4, 0.5) is 0 Å². The van der Waals surface area contributed by atoms with E-state index in [1.54, 1.807) is 24.3 Å². The van der Waals surface area contributed by atoms with Crippen molar-refractivity contribution in [3.8, 4) is 5.75 Å². The third-order valence-corrected chi connectivity index (χ3v) is 2.08. The predicted molar refractivity (Wildman–Crippen MR) is 69.5 cm³/mol. The molecule has 5 nitrogen and oxygen atoms in total.